The summed E-state index contributed by atoms with van der Waals surface area (Å²) in [4.78, 5) is 0. The van der Waals surface area contributed by atoms with Gasteiger partial charge in [0.05, 0.1) is 0 Å². The Morgan fingerprint density at radius 1 is 1.25 bits per heavy atom. The molecule has 0 saturated heterocycles. The van der Waals surface area contributed by atoms with Crippen LogP contribution in [0.1, 0.15) is 51.9 Å². The topological polar surface area (TPSA) is 26.0 Å². The minimum atomic E-state index is 0.417. The molecule has 1 nitrogen and oxygen atoms in total. The van der Waals surface area contributed by atoms with Crippen LogP contribution >= 0.6 is 0 Å². The predicted molar refractivity (Wildman–Crippen MR) is 54.8 cm³/mol. The molecule has 0 aromatic heterocycles. The van der Waals surface area contributed by atoms with Gasteiger partial charge in [0.15, 0.2) is 0 Å². The summed E-state index contributed by atoms with van der Waals surface area (Å²) in [6.45, 7) is 2.18. The number of unbranched alkanes of at least 4 members (excludes halogenated alkanes) is 3. The lowest BCUT2D eigenvalue weighted by molar-refractivity contribution is 0.520. The summed E-state index contributed by atoms with van der Waals surface area (Å²) in [5.41, 5.74) is 5.86. The smallest absolute Gasteiger partial charge is 0.00860 e. The van der Waals surface area contributed by atoms with E-state index in [1.807, 2.05) is 0 Å². The highest BCUT2D eigenvalue weighted by Gasteiger charge is 1.99. The molecule has 0 aliphatic carbocycles. The Hall–Kier alpha value is -0.480. The molecular formula is C11H21N. The first-order valence-corrected chi connectivity index (χ1v) is 5.00. The molecule has 0 spiro atoms. The van der Waals surface area contributed by atoms with Crippen LogP contribution in [0.15, 0.2) is 0 Å². The van der Waals surface area contributed by atoms with Crippen LogP contribution in [0.2, 0.25) is 0 Å². The van der Waals surface area contributed by atoms with Crippen LogP contribution in [0.3, 0.4) is 0 Å². The minimum Gasteiger partial charge on any atom is -0.328 e. The normalized spacial score (nSPS) is 12.4. The molecule has 0 aromatic carbocycles. The fourth-order valence-electron chi connectivity index (χ4n) is 1.33. The van der Waals surface area contributed by atoms with Crippen molar-refractivity contribution in [3.8, 4) is 12.3 Å². The van der Waals surface area contributed by atoms with Crippen molar-refractivity contribution in [2.24, 2.45) is 5.73 Å². The van der Waals surface area contributed by atoms with E-state index in [9.17, 15) is 0 Å². The van der Waals surface area contributed by atoms with Gasteiger partial charge in [0, 0.05) is 12.5 Å². The van der Waals surface area contributed by atoms with Crippen LogP contribution in [0, 0.1) is 12.3 Å². The second-order valence-corrected chi connectivity index (χ2v) is 3.35. The van der Waals surface area contributed by atoms with Gasteiger partial charge >= 0.3 is 0 Å². The Labute approximate surface area is 76.7 Å². The standard InChI is InChI=1S/C11H21N/c1-3-5-6-7-8-10-11(12)9-4-2/h1,11H,4-10,12H2,2H3. The van der Waals surface area contributed by atoms with Crippen molar-refractivity contribution in [3.05, 3.63) is 0 Å². The van der Waals surface area contributed by atoms with E-state index >= 15 is 0 Å². The first kappa shape index (κ1) is 11.5. The van der Waals surface area contributed by atoms with Gasteiger partial charge < -0.3 is 5.73 Å². The zero-order valence-corrected chi connectivity index (χ0v) is 8.18. The summed E-state index contributed by atoms with van der Waals surface area (Å²) in [5, 5.41) is 0. The van der Waals surface area contributed by atoms with E-state index < -0.39 is 0 Å². The molecule has 70 valence electrons. The quantitative estimate of drug-likeness (QED) is 0.458. The van der Waals surface area contributed by atoms with Gasteiger partial charge in [-0.05, 0) is 19.3 Å². The van der Waals surface area contributed by atoms with Crippen molar-refractivity contribution in [2.45, 2.75) is 57.9 Å². The van der Waals surface area contributed by atoms with E-state index in [-0.39, 0.29) is 0 Å². The second kappa shape index (κ2) is 8.62. The Balaban J connectivity index is 3.04. The van der Waals surface area contributed by atoms with E-state index in [4.69, 9.17) is 12.2 Å². The van der Waals surface area contributed by atoms with Crippen LogP contribution in [-0.4, -0.2) is 6.04 Å². The summed E-state index contributed by atoms with van der Waals surface area (Å²) < 4.78 is 0. The summed E-state index contributed by atoms with van der Waals surface area (Å²) in [6, 6.07) is 0.417. The van der Waals surface area contributed by atoms with Gasteiger partial charge in [-0.1, -0.05) is 26.2 Å². The lowest BCUT2D eigenvalue weighted by atomic mass is 10.0. The third kappa shape index (κ3) is 7.63. The van der Waals surface area contributed by atoms with Gasteiger partial charge in [-0.25, -0.2) is 0 Å². The molecule has 0 radical (unpaired) electrons. The lowest BCUT2D eigenvalue weighted by Crippen LogP contribution is -2.18. The first-order valence-electron chi connectivity index (χ1n) is 5.00. The maximum absolute atomic E-state index is 5.86. The van der Waals surface area contributed by atoms with Gasteiger partial charge in [0.1, 0.15) is 0 Å². The summed E-state index contributed by atoms with van der Waals surface area (Å²) in [7, 11) is 0. The van der Waals surface area contributed by atoms with Gasteiger partial charge in [0.25, 0.3) is 0 Å². The zero-order chi connectivity index (χ0) is 9.23. The molecule has 0 aromatic rings. The Morgan fingerprint density at radius 3 is 2.58 bits per heavy atom. The average molecular weight is 167 g/mol. The predicted octanol–water partition coefficient (Wildman–Crippen LogP) is 2.70. The van der Waals surface area contributed by atoms with E-state index in [2.05, 4.69) is 12.8 Å². The third-order valence-electron chi connectivity index (χ3n) is 2.06. The minimum absolute atomic E-state index is 0.417. The number of hydrogen-bond donors (Lipinski definition) is 1. The highest BCUT2D eigenvalue weighted by molar-refractivity contribution is 4.82. The van der Waals surface area contributed by atoms with Crippen LogP contribution < -0.4 is 5.73 Å². The lowest BCUT2D eigenvalue weighted by Gasteiger charge is -2.08. The van der Waals surface area contributed by atoms with Crippen LogP contribution in [0.25, 0.3) is 0 Å². The number of rotatable bonds is 7. The molecule has 0 rings (SSSR count). The molecule has 1 unspecified atom stereocenters. The van der Waals surface area contributed by atoms with E-state index in [0.29, 0.717) is 6.04 Å². The number of terminal acetylenes is 1. The Bertz CT molecular complexity index is 123. The van der Waals surface area contributed by atoms with E-state index in [1.54, 1.807) is 0 Å². The molecule has 2 N–H and O–H groups in total. The van der Waals surface area contributed by atoms with Crippen LogP contribution in [0.4, 0.5) is 0 Å². The van der Waals surface area contributed by atoms with E-state index in [0.717, 1.165) is 19.3 Å². The van der Waals surface area contributed by atoms with Crippen LogP contribution in [-0.2, 0) is 0 Å². The third-order valence-corrected chi connectivity index (χ3v) is 2.06. The van der Waals surface area contributed by atoms with Crippen molar-refractivity contribution < 1.29 is 0 Å². The maximum Gasteiger partial charge on any atom is 0.00860 e. The first-order chi connectivity index (χ1) is 5.81. The monoisotopic (exact) mass is 167 g/mol. The number of nitrogens with two attached hydrogens (primary N) is 1. The highest BCUT2D eigenvalue weighted by atomic mass is 14.6. The van der Waals surface area contributed by atoms with Crippen molar-refractivity contribution in [2.75, 3.05) is 0 Å². The van der Waals surface area contributed by atoms with Gasteiger partial charge in [-0.3, -0.25) is 0 Å². The summed E-state index contributed by atoms with van der Waals surface area (Å²) in [6.07, 6.45) is 13.2. The molecule has 0 heterocycles. The molecular weight excluding hydrogens is 146 g/mol. The summed E-state index contributed by atoms with van der Waals surface area (Å²) in [5.74, 6) is 2.65. The Morgan fingerprint density at radius 2 is 2.00 bits per heavy atom. The molecule has 0 aliphatic rings. The molecule has 0 aliphatic heterocycles. The molecule has 1 heteroatoms. The molecule has 12 heavy (non-hydrogen) atoms. The maximum atomic E-state index is 5.86. The fraction of sp³-hybridized carbons (Fsp3) is 0.818. The van der Waals surface area contributed by atoms with Crippen molar-refractivity contribution in [1.82, 2.24) is 0 Å². The summed E-state index contributed by atoms with van der Waals surface area (Å²) >= 11 is 0. The molecule has 0 bridgehead atoms. The fourth-order valence-corrected chi connectivity index (χ4v) is 1.33. The average Bonchev–Trinajstić information content (AvgIpc) is 2.05. The van der Waals surface area contributed by atoms with Crippen molar-refractivity contribution in [3.63, 3.8) is 0 Å². The number of hydrogen-bond acceptors (Lipinski definition) is 1. The van der Waals surface area contributed by atoms with Gasteiger partial charge in [-0.2, -0.15) is 0 Å². The molecule has 0 fully saturated rings. The largest absolute Gasteiger partial charge is 0.328 e. The highest BCUT2D eigenvalue weighted by Crippen LogP contribution is 2.07. The van der Waals surface area contributed by atoms with Gasteiger partial charge in [-0.15, -0.1) is 12.3 Å². The second-order valence-electron chi connectivity index (χ2n) is 3.35. The Kier molecular flexibility index (Phi) is 8.27. The van der Waals surface area contributed by atoms with Gasteiger partial charge in [0.2, 0.25) is 0 Å². The molecule has 0 saturated carbocycles. The molecule has 1 atom stereocenters. The van der Waals surface area contributed by atoms with E-state index in [1.165, 1.54) is 25.7 Å². The molecule has 0 amide bonds. The van der Waals surface area contributed by atoms with Crippen molar-refractivity contribution >= 4 is 0 Å². The zero-order valence-electron chi connectivity index (χ0n) is 8.18. The SMILES string of the molecule is C#CCCCCCC(N)CCC. The van der Waals surface area contributed by atoms with Crippen molar-refractivity contribution in [1.29, 1.82) is 0 Å². The van der Waals surface area contributed by atoms with Crippen LogP contribution in [0.5, 0.6) is 0 Å².